The Morgan fingerprint density at radius 3 is 2.61 bits per heavy atom. The van der Waals surface area contributed by atoms with Crippen LogP contribution < -0.4 is 16.4 Å². The quantitative estimate of drug-likeness (QED) is 0.500. The predicted molar refractivity (Wildman–Crippen MR) is 85.1 cm³/mol. The highest BCUT2D eigenvalue weighted by Crippen LogP contribution is 2.26. The first-order chi connectivity index (χ1) is 11.2. The Morgan fingerprint density at radius 1 is 1.04 bits per heavy atom. The lowest BCUT2D eigenvalue weighted by Gasteiger charge is -2.15. The monoisotopic (exact) mass is 309 g/mol. The van der Waals surface area contributed by atoms with Crippen molar-refractivity contribution < 1.29 is 9.90 Å². The average Bonchev–Trinajstić information content (AvgIpc) is 3.23. The highest BCUT2D eigenvalue weighted by Gasteiger charge is 2.33. The fourth-order valence-electron chi connectivity index (χ4n) is 2.84. The van der Waals surface area contributed by atoms with Gasteiger partial charge in [0.1, 0.15) is 6.04 Å². The summed E-state index contributed by atoms with van der Waals surface area (Å²) in [6, 6.07) is 12.9. The Bertz CT molecular complexity index is 858. The SMILES string of the molecule is O=C(O)C1NNNC1c1ccc(-c2ccc3nc[nH]c3c2)cc1. The van der Waals surface area contributed by atoms with Gasteiger partial charge in [0.2, 0.25) is 0 Å². The molecule has 2 heterocycles. The highest BCUT2D eigenvalue weighted by molar-refractivity contribution is 5.81. The van der Waals surface area contributed by atoms with Gasteiger partial charge in [-0.15, -0.1) is 0 Å². The number of carboxylic acid groups (broad SMARTS) is 1. The number of imidazole rings is 1. The number of aromatic nitrogens is 2. The van der Waals surface area contributed by atoms with Crippen LogP contribution in [0.1, 0.15) is 11.6 Å². The van der Waals surface area contributed by atoms with Gasteiger partial charge in [0.25, 0.3) is 0 Å². The molecule has 3 aromatic rings. The Balaban J connectivity index is 1.63. The molecule has 1 fully saturated rings. The van der Waals surface area contributed by atoms with Gasteiger partial charge in [-0.05, 0) is 28.8 Å². The molecule has 7 nitrogen and oxygen atoms in total. The van der Waals surface area contributed by atoms with E-state index in [9.17, 15) is 9.90 Å². The number of carboxylic acids is 1. The standard InChI is InChI=1S/C16H15N5O2/c22-16(23)15-14(19-21-20-15)10-3-1-9(2-4-10)11-5-6-12-13(7-11)18-8-17-12/h1-8,14-15,19-21H,(H,17,18)(H,22,23). The van der Waals surface area contributed by atoms with Crippen molar-refractivity contribution in [3.05, 3.63) is 54.4 Å². The van der Waals surface area contributed by atoms with E-state index in [0.29, 0.717) is 0 Å². The van der Waals surface area contributed by atoms with Crippen molar-refractivity contribution in [2.24, 2.45) is 0 Å². The zero-order valence-corrected chi connectivity index (χ0v) is 12.1. The molecule has 5 N–H and O–H groups in total. The normalized spacial score (nSPS) is 20.9. The second-order valence-electron chi connectivity index (χ2n) is 5.46. The van der Waals surface area contributed by atoms with Gasteiger partial charge in [-0.2, -0.15) is 5.53 Å². The minimum atomic E-state index is -0.902. The maximum Gasteiger partial charge on any atom is 0.324 e. The van der Waals surface area contributed by atoms with Crippen molar-refractivity contribution in [1.82, 2.24) is 26.4 Å². The first-order valence-corrected chi connectivity index (χ1v) is 7.25. The number of H-pyrrole nitrogens is 1. The summed E-state index contributed by atoms with van der Waals surface area (Å²) in [6.07, 6.45) is 1.68. The number of rotatable bonds is 3. The van der Waals surface area contributed by atoms with Crippen molar-refractivity contribution in [2.75, 3.05) is 0 Å². The minimum absolute atomic E-state index is 0.323. The summed E-state index contributed by atoms with van der Waals surface area (Å²) in [5, 5.41) is 9.21. The van der Waals surface area contributed by atoms with Crippen molar-refractivity contribution in [3.8, 4) is 11.1 Å². The number of aromatic amines is 1. The Kier molecular flexibility index (Phi) is 3.30. The number of fused-ring (bicyclic) bond motifs is 1. The smallest absolute Gasteiger partial charge is 0.324 e. The molecule has 4 rings (SSSR count). The molecule has 1 aromatic heterocycles. The van der Waals surface area contributed by atoms with Crippen molar-refractivity contribution in [2.45, 2.75) is 12.1 Å². The van der Waals surface area contributed by atoms with E-state index >= 15 is 0 Å². The molecule has 2 unspecified atom stereocenters. The highest BCUT2D eigenvalue weighted by atomic mass is 16.4. The van der Waals surface area contributed by atoms with Gasteiger partial charge in [-0.1, -0.05) is 30.3 Å². The fraction of sp³-hybridized carbons (Fsp3) is 0.125. The van der Waals surface area contributed by atoms with E-state index in [1.54, 1.807) is 6.33 Å². The lowest BCUT2D eigenvalue weighted by molar-refractivity contribution is -0.139. The Labute approximate surface area is 131 Å². The Morgan fingerprint density at radius 2 is 1.83 bits per heavy atom. The van der Waals surface area contributed by atoms with Gasteiger partial charge in [-0.3, -0.25) is 4.79 Å². The van der Waals surface area contributed by atoms with Crippen molar-refractivity contribution >= 4 is 17.0 Å². The molecule has 0 radical (unpaired) electrons. The van der Waals surface area contributed by atoms with Gasteiger partial charge in [-0.25, -0.2) is 15.8 Å². The van der Waals surface area contributed by atoms with E-state index in [1.165, 1.54) is 0 Å². The molecular formula is C16H15N5O2. The zero-order valence-electron chi connectivity index (χ0n) is 12.1. The molecule has 2 atom stereocenters. The van der Waals surface area contributed by atoms with Gasteiger partial charge in [0, 0.05) is 0 Å². The molecule has 0 amide bonds. The van der Waals surface area contributed by atoms with Crippen molar-refractivity contribution in [1.29, 1.82) is 0 Å². The van der Waals surface area contributed by atoms with Gasteiger partial charge < -0.3 is 10.1 Å². The summed E-state index contributed by atoms with van der Waals surface area (Å²) >= 11 is 0. The van der Waals surface area contributed by atoms with E-state index in [-0.39, 0.29) is 6.04 Å². The van der Waals surface area contributed by atoms with Crippen LogP contribution in [0.15, 0.2) is 48.8 Å². The van der Waals surface area contributed by atoms with Gasteiger partial charge in [0.05, 0.1) is 23.4 Å². The van der Waals surface area contributed by atoms with Crippen LogP contribution in [0.3, 0.4) is 0 Å². The largest absolute Gasteiger partial charge is 0.480 e. The molecule has 1 saturated heterocycles. The van der Waals surface area contributed by atoms with Crippen LogP contribution in [-0.2, 0) is 4.79 Å². The first-order valence-electron chi connectivity index (χ1n) is 7.25. The molecular weight excluding hydrogens is 294 g/mol. The summed E-state index contributed by atoms with van der Waals surface area (Å²) in [6.45, 7) is 0. The van der Waals surface area contributed by atoms with Gasteiger partial charge in [0.15, 0.2) is 0 Å². The zero-order chi connectivity index (χ0) is 15.8. The number of benzene rings is 2. The third kappa shape index (κ3) is 2.46. The van der Waals surface area contributed by atoms with Crippen LogP contribution in [0.4, 0.5) is 0 Å². The molecule has 0 saturated carbocycles. The molecule has 116 valence electrons. The lowest BCUT2D eigenvalue weighted by atomic mass is 9.97. The summed E-state index contributed by atoms with van der Waals surface area (Å²) in [4.78, 5) is 18.5. The molecule has 0 spiro atoms. The van der Waals surface area contributed by atoms with Crippen LogP contribution >= 0.6 is 0 Å². The fourth-order valence-corrected chi connectivity index (χ4v) is 2.84. The Hall–Kier alpha value is -2.74. The number of nitrogens with zero attached hydrogens (tertiary/aromatic N) is 1. The summed E-state index contributed by atoms with van der Waals surface area (Å²) in [5.74, 6) is -0.902. The minimum Gasteiger partial charge on any atom is -0.480 e. The maximum absolute atomic E-state index is 11.2. The first kappa shape index (κ1) is 13.9. The number of carbonyl (C=O) groups is 1. The summed E-state index contributed by atoms with van der Waals surface area (Å²) < 4.78 is 0. The molecule has 2 aromatic carbocycles. The van der Waals surface area contributed by atoms with Crippen LogP contribution in [0.2, 0.25) is 0 Å². The molecule has 0 bridgehead atoms. The third-order valence-electron chi connectivity index (χ3n) is 4.08. The van der Waals surface area contributed by atoms with E-state index in [2.05, 4.69) is 26.4 Å². The summed E-state index contributed by atoms with van der Waals surface area (Å²) in [5.41, 5.74) is 13.3. The second-order valence-corrected chi connectivity index (χ2v) is 5.46. The number of hydrogen-bond acceptors (Lipinski definition) is 5. The van der Waals surface area contributed by atoms with E-state index in [0.717, 1.165) is 27.7 Å². The number of aliphatic carboxylic acids is 1. The average molecular weight is 309 g/mol. The second kappa shape index (κ2) is 5.47. The maximum atomic E-state index is 11.2. The lowest BCUT2D eigenvalue weighted by Crippen LogP contribution is -2.38. The van der Waals surface area contributed by atoms with Crippen LogP contribution in [-0.4, -0.2) is 27.1 Å². The molecule has 0 aliphatic carbocycles. The van der Waals surface area contributed by atoms with Crippen LogP contribution in [0, 0.1) is 0 Å². The molecule has 1 aliphatic rings. The predicted octanol–water partition coefficient (Wildman–Crippen LogP) is 1.34. The van der Waals surface area contributed by atoms with Crippen molar-refractivity contribution in [3.63, 3.8) is 0 Å². The number of nitrogens with one attached hydrogen (secondary N) is 4. The van der Waals surface area contributed by atoms with E-state index in [4.69, 9.17) is 0 Å². The van der Waals surface area contributed by atoms with E-state index in [1.807, 2.05) is 42.5 Å². The van der Waals surface area contributed by atoms with Gasteiger partial charge >= 0.3 is 5.97 Å². The molecule has 23 heavy (non-hydrogen) atoms. The molecule has 7 heteroatoms. The number of hydrazine groups is 2. The summed E-state index contributed by atoms with van der Waals surface area (Å²) in [7, 11) is 0. The molecule has 1 aliphatic heterocycles. The third-order valence-corrected chi connectivity index (χ3v) is 4.08. The topological polar surface area (TPSA) is 102 Å². The van der Waals surface area contributed by atoms with Crippen LogP contribution in [0.25, 0.3) is 22.2 Å². The van der Waals surface area contributed by atoms with E-state index < -0.39 is 12.0 Å². The van der Waals surface area contributed by atoms with Crippen LogP contribution in [0.5, 0.6) is 0 Å². The number of hydrogen-bond donors (Lipinski definition) is 5.